The van der Waals surface area contributed by atoms with Crippen LogP contribution in [0.2, 0.25) is 5.02 Å². The lowest BCUT2D eigenvalue weighted by Crippen LogP contribution is -2.53. The summed E-state index contributed by atoms with van der Waals surface area (Å²) in [6.45, 7) is 7.93. The van der Waals surface area contributed by atoms with E-state index in [2.05, 4.69) is 5.32 Å². The van der Waals surface area contributed by atoms with E-state index in [0.29, 0.717) is 17.3 Å². The molecule has 9 heteroatoms. The van der Waals surface area contributed by atoms with Crippen molar-refractivity contribution in [3.8, 4) is 0 Å². The van der Waals surface area contributed by atoms with Gasteiger partial charge in [-0.1, -0.05) is 74.0 Å². The number of halogens is 1. The summed E-state index contributed by atoms with van der Waals surface area (Å²) in [5.41, 5.74) is 3.97. The highest BCUT2D eigenvalue weighted by molar-refractivity contribution is 7.92. The minimum Gasteiger partial charge on any atom is -0.354 e. The van der Waals surface area contributed by atoms with Crippen molar-refractivity contribution in [2.75, 3.05) is 23.7 Å². The van der Waals surface area contributed by atoms with Crippen molar-refractivity contribution in [3.63, 3.8) is 0 Å². The molecule has 3 aromatic carbocycles. The largest absolute Gasteiger partial charge is 0.354 e. The van der Waals surface area contributed by atoms with Gasteiger partial charge in [-0.05, 0) is 66.3 Å². The molecule has 0 heterocycles. The number of carbonyl (C=O) groups excluding carboxylic acids is 2. The van der Waals surface area contributed by atoms with Crippen molar-refractivity contribution < 1.29 is 18.0 Å². The summed E-state index contributed by atoms with van der Waals surface area (Å²) in [7, 11) is -3.81. The summed E-state index contributed by atoms with van der Waals surface area (Å²) in [5, 5.41) is 3.53. The van der Waals surface area contributed by atoms with Gasteiger partial charge >= 0.3 is 0 Å². The predicted octanol–water partition coefficient (Wildman–Crippen LogP) is 5.14. The number of hydrogen-bond acceptors (Lipinski definition) is 4. The maximum Gasteiger partial charge on any atom is 0.244 e. The van der Waals surface area contributed by atoms with Gasteiger partial charge in [0, 0.05) is 24.5 Å². The molecule has 0 aliphatic rings. The maximum absolute atomic E-state index is 14.1. The second-order valence-electron chi connectivity index (χ2n) is 10.5. The van der Waals surface area contributed by atoms with Crippen molar-refractivity contribution in [2.24, 2.45) is 5.92 Å². The zero-order valence-electron chi connectivity index (χ0n) is 23.7. The topological polar surface area (TPSA) is 86.8 Å². The zero-order chi connectivity index (χ0) is 29.4. The van der Waals surface area contributed by atoms with Crippen LogP contribution in [-0.2, 0) is 32.6 Å². The standard InChI is InChI=1S/C31H38ClN3O4S/c1-22(2)19-33-31(37)29(18-25-9-7-6-8-10-25)34(20-26-12-14-27(32)15-13-26)30(36)21-35(40(5,38)39)28-16-11-23(3)24(4)17-28/h6-17,22,29H,18-21H2,1-5H3,(H,33,37)/t29-/m0/s1. The molecule has 0 unspecified atom stereocenters. The third-order valence-corrected chi connectivity index (χ3v) is 8.07. The molecule has 7 nitrogen and oxygen atoms in total. The number of anilines is 1. The number of benzene rings is 3. The van der Waals surface area contributed by atoms with Gasteiger partial charge in [-0.15, -0.1) is 0 Å². The van der Waals surface area contributed by atoms with Crippen LogP contribution in [0.5, 0.6) is 0 Å². The summed E-state index contributed by atoms with van der Waals surface area (Å²) in [6, 6.07) is 20.9. The normalized spacial score (nSPS) is 12.2. The highest BCUT2D eigenvalue weighted by Gasteiger charge is 2.33. The first-order chi connectivity index (χ1) is 18.8. The van der Waals surface area contributed by atoms with Crippen LogP contribution in [0.1, 0.15) is 36.1 Å². The molecule has 0 aliphatic carbocycles. The second kappa shape index (κ2) is 13.8. The molecule has 214 valence electrons. The monoisotopic (exact) mass is 583 g/mol. The summed E-state index contributed by atoms with van der Waals surface area (Å²) < 4.78 is 26.9. The summed E-state index contributed by atoms with van der Waals surface area (Å²) in [6.07, 6.45) is 1.35. The van der Waals surface area contributed by atoms with E-state index < -0.39 is 28.5 Å². The Morgan fingerprint density at radius 3 is 2.12 bits per heavy atom. The van der Waals surface area contributed by atoms with Crippen molar-refractivity contribution >= 4 is 39.1 Å². The number of carbonyl (C=O) groups is 2. The average Bonchev–Trinajstić information content (AvgIpc) is 2.90. The lowest BCUT2D eigenvalue weighted by atomic mass is 10.0. The van der Waals surface area contributed by atoms with E-state index >= 15 is 0 Å². The van der Waals surface area contributed by atoms with Crippen LogP contribution in [0.25, 0.3) is 0 Å². The molecular weight excluding hydrogens is 546 g/mol. The lowest BCUT2D eigenvalue weighted by Gasteiger charge is -2.33. The first-order valence-electron chi connectivity index (χ1n) is 13.3. The second-order valence-corrected chi connectivity index (χ2v) is 12.9. The van der Waals surface area contributed by atoms with Crippen molar-refractivity contribution in [3.05, 3.63) is 100 Å². The van der Waals surface area contributed by atoms with Gasteiger partial charge in [0.15, 0.2) is 0 Å². The Hall–Kier alpha value is -3.36. The number of sulfonamides is 1. The van der Waals surface area contributed by atoms with E-state index in [0.717, 1.165) is 32.8 Å². The summed E-state index contributed by atoms with van der Waals surface area (Å²) in [4.78, 5) is 29.2. The Morgan fingerprint density at radius 1 is 0.900 bits per heavy atom. The summed E-state index contributed by atoms with van der Waals surface area (Å²) in [5.74, 6) is -0.566. The molecule has 0 fully saturated rings. The van der Waals surface area contributed by atoms with E-state index in [1.807, 2.05) is 64.1 Å². The molecule has 2 amide bonds. The van der Waals surface area contributed by atoms with Gasteiger partial charge in [0.25, 0.3) is 0 Å². The number of rotatable bonds is 12. The maximum atomic E-state index is 14.1. The van der Waals surface area contributed by atoms with E-state index in [1.54, 1.807) is 36.4 Å². The van der Waals surface area contributed by atoms with Crippen molar-refractivity contribution in [1.29, 1.82) is 0 Å². The average molecular weight is 584 g/mol. The Kier molecular flexibility index (Phi) is 10.8. The van der Waals surface area contributed by atoms with Crippen LogP contribution in [0, 0.1) is 19.8 Å². The fourth-order valence-electron chi connectivity index (χ4n) is 4.26. The van der Waals surface area contributed by atoms with Gasteiger partial charge in [-0.25, -0.2) is 8.42 Å². The third kappa shape index (κ3) is 8.83. The number of amides is 2. The number of aryl methyl sites for hydroxylation is 2. The number of nitrogens with zero attached hydrogens (tertiary/aromatic N) is 2. The van der Waals surface area contributed by atoms with E-state index in [1.165, 1.54) is 4.90 Å². The van der Waals surface area contributed by atoms with Gasteiger partial charge in [0.2, 0.25) is 21.8 Å². The Morgan fingerprint density at radius 2 is 1.55 bits per heavy atom. The SMILES string of the molecule is Cc1ccc(N(CC(=O)N(Cc2ccc(Cl)cc2)[C@@H](Cc2ccccc2)C(=O)NCC(C)C)S(C)(=O)=O)cc1C. The molecule has 0 saturated heterocycles. The fourth-order valence-corrected chi connectivity index (χ4v) is 5.22. The predicted molar refractivity (Wildman–Crippen MR) is 162 cm³/mol. The van der Waals surface area contributed by atoms with Crippen LogP contribution >= 0.6 is 11.6 Å². The minimum absolute atomic E-state index is 0.104. The lowest BCUT2D eigenvalue weighted by molar-refractivity contribution is -0.140. The molecule has 0 spiro atoms. The minimum atomic E-state index is -3.81. The van der Waals surface area contributed by atoms with Gasteiger partial charge in [0.05, 0.1) is 11.9 Å². The Balaban J connectivity index is 2.05. The van der Waals surface area contributed by atoms with E-state index in [-0.39, 0.29) is 24.8 Å². The molecule has 3 rings (SSSR count). The Bertz CT molecular complexity index is 1410. The van der Waals surface area contributed by atoms with Crippen LogP contribution in [-0.4, -0.2) is 50.5 Å². The Labute approximate surface area is 243 Å². The van der Waals surface area contributed by atoms with Crippen LogP contribution in [0.15, 0.2) is 72.8 Å². The van der Waals surface area contributed by atoms with Crippen molar-refractivity contribution in [1.82, 2.24) is 10.2 Å². The summed E-state index contributed by atoms with van der Waals surface area (Å²) >= 11 is 6.09. The quantitative estimate of drug-likeness (QED) is 0.320. The highest BCUT2D eigenvalue weighted by Crippen LogP contribution is 2.23. The molecule has 0 aliphatic heterocycles. The first kappa shape index (κ1) is 31.2. The fraction of sp³-hybridized carbons (Fsp3) is 0.355. The third-order valence-electron chi connectivity index (χ3n) is 6.68. The molecule has 40 heavy (non-hydrogen) atoms. The van der Waals surface area contributed by atoms with Crippen LogP contribution in [0.3, 0.4) is 0 Å². The molecule has 1 N–H and O–H groups in total. The highest BCUT2D eigenvalue weighted by atomic mass is 35.5. The number of hydrogen-bond donors (Lipinski definition) is 1. The van der Waals surface area contributed by atoms with Crippen molar-refractivity contribution in [2.45, 2.75) is 46.7 Å². The number of nitrogens with one attached hydrogen (secondary N) is 1. The van der Waals surface area contributed by atoms with Crippen LogP contribution in [0.4, 0.5) is 5.69 Å². The van der Waals surface area contributed by atoms with Gasteiger partial charge in [-0.3, -0.25) is 13.9 Å². The molecule has 3 aromatic rings. The zero-order valence-corrected chi connectivity index (χ0v) is 25.3. The van der Waals surface area contributed by atoms with Crippen LogP contribution < -0.4 is 9.62 Å². The molecule has 0 saturated carbocycles. The first-order valence-corrected chi connectivity index (χ1v) is 15.5. The van der Waals surface area contributed by atoms with Gasteiger partial charge in [-0.2, -0.15) is 0 Å². The molecule has 0 radical (unpaired) electrons. The van der Waals surface area contributed by atoms with E-state index in [4.69, 9.17) is 11.6 Å². The smallest absolute Gasteiger partial charge is 0.244 e. The van der Waals surface area contributed by atoms with Gasteiger partial charge in [0.1, 0.15) is 12.6 Å². The van der Waals surface area contributed by atoms with E-state index in [9.17, 15) is 18.0 Å². The molecule has 0 aromatic heterocycles. The molecule has 1 atom stereocenters. The molecule has 0 bridgehead atoms. The van der Waals surface area contributed by atoms with Gasteiger partial charge < -0.3 is 10.2 Å². The molecular formula is C31H38ClN3O4S.